The van der Waals surface area contributed by atoms with Gasteiger partial charge in [-0.2, -0.15) is 9.61 Å². The van der Waals surface area contributed by atoms with Crippen LogP contribution in [-0.2, 0) is 14.3 Å². The van der Waals surface area contributed by atoms with Gasteiger partial charge in [-0.3, -0.25) is 14.9 Å². The smallest absolute Gasteiger partial charge is 0.254 e. The predicted octanol–water partition coefficient (Wildman–Crippen LogP) is 1.32. The first-order valence-corrected chi connectivity index (χ1v) is 9.70. The third kappa shape index (κ3) is 3.45. The number of carbonyl (C=O) groups is 2. The lowest BCUT2D eigenvalue weighted by Gasteiger charge is -2.24. The van der Waals surface area contributed by atoms with Gasteiger partial charge < -0.3 is 15.4 Å². The van der Waals surface area contributed by atoms with E-state index in [0.717, 1.165) is 50.5 Å². The van der Waals surface area contributed by atoms with Crippen molar-refractivity contribution in [2.75, 3.05) is 23.8 Å². The molecule has 2 amide bonds. The van der Waals surface area contributed by atoms with Gasteiger partial charge in [0, 0.05) is 42.5 Å². The van der Waals surface area contributed by atoms with E-state index < -0.39 is 0 Å². The maximum absolute atomic E-state index is 11.9. The number of fused-ring (bicyclic) bond motifs is 1. The van der Waals surface area contributed by atoms with Crippen LogP contribution in [0.5, 0.6) is 0 Å². The first-order valence-electron chi connectivity index (χ1n) is 9.70. The van der Waals surface area contributed by atoms with E-state index in [1.54, 1.807) is 16.8 Å². The summed E-state index contributed by atoms with van der Waals surface area (Å²) in [5.41, 5.74) is 1.80. The Balaban J connectivity index is 1.52. The standard InChI is InChI=1S/C19H22N6O3/c26-17-8-11(19(27)24-17)7-12-10-20-25-16(22-13-1-2-13)9-15(23-18(12)25)21-14-3-5-28-6-4-14/h7,9-10,13-14,22H,1-6,8H2,(H,21,23)(H,24,26,27)/b11-7+. The van der Waals surface area contributed by atoms with E-state index in [1.165, 1.54) is 0 Å². The van der Waals surface area contributed by atoms with Gasteiger partial charge in [-0.25, -0.2) is 4.98 Å². The van der Waals surface area contributed by atoms with Gasteiger partial charge in [0.2, 0.25) is 5.91 Å². The van der Waals surface area contributed by atoms with Crippen molar-refractivity contribution in [1.82, 2.24) is 19.9 Å². The van der Waals surface area contributed by atoms with E-state index >= 15 is 0 Å². The zero-order valence-electron chi connectivity index (χ0n) is 15.4. The lowest BCUT2D eigenvalue weighted by atomic mass is 10.1. The van der Waals surface area contributed by atoms with Gasteiger partial charge in [0.1, 0.15) is 11.6 Å². The second kappa shape index (κ2) is 6.90. The third-order valence-corrected chi connectivity index (χ3v) is 5.23. The number of aromatic nitrogens is 3. The van der Waals surface area contributed by atoms with Crippen LogP contribution >= 0.6 is 0 Å². The van der Waals surface area contributed by atoms with Gasteiger partial charge in [-0.05, 0) is 31.8 Å². The van der Waals surface area contributed by atoms with Gasteiger partial charge >= 0.3 is 0 Å². The number of imide groups is 1. The predicted molar refractivity (Wildman–Crippen MR) is 103 cm³/mol. The van der Waals surface area contributed by atoms with Crippen LogP contribution in [-0.4, -0.2) is 51.7 Å². The average molecular weight is 382 g/mol. The molecule has 0 bridgehead atoms. The zero-order chi connectivity index (χ0) is 19.1. The number of hydrogen-bond acceptors (Lipinski definition) is 7. The molecule has 1 saturated carbocycles. The number of rotatable bonds is 5. The molecular formula is C19H22N6O3. The Hall–Kier alpha value is -2.94. The van der Waals surface area contributed by atoms with Crippen molar-refractivity contribution in [2.45, 2.75) is 44.2 Å². The minimum absolute atomic E-state index is 0.0867. The number of carbonyl (C=O) groups excluding carboxylic acids is 2. The van der Waals surface area contributed by atoms with Crippen molar-refractivity contribution in [3.05, 3.63) is 23.4 Å². The quantitative estimate of drug-likeness (QED) is 0.528. The van der Waals surface area contributed by atoms with Crippen LogP contribution in [0.4, 0.5) is 11.6 Å². The summed E-state index contributed by atoms with van der Waals surface area (Å²) in [6, 6.07) is 2.77. The summed E-state index contributed by atoms with van der Waals surface area (Å²) in [6.07, 6.45) is 7.65. The van der Waals surface area contributed by atoms with E-state index in [9.17, 15) is 9.59 Å². The molecule has 0 unspecified atom stereocenters. The van der Waals surface area contributed by atoms with Crippen molar-refractivity contribution in [3.8, 4) is 0 Å². The largest absolute Gasteiger partial charge is 0.381 e. The van der Waals surface area contributed by atoms with Crippen molar-refractivity contribution in [2.24, 2.45) is 0 Å². The fourth-order valence-corrected chi connectivity index (χ4v) is 3.55. The minimum Gasteiger partial charge on any atom is -0.381 e. The molecule has 2 aromatic heterocycles. The fraction of sp³-hybridized carbons (Fsp3) is 0.474. The summed E-state index contributed by atoms with van der Waals surface area (Å²) >= 11 is 0. The highest BCUT2D eigenvalue weighted by Crippen LogP contribution is 2.28. The van der Waals surface area contributed by atoms with Crippen molar-refractivity contribution in [3.63, 3.8) is 0 Å². The van der Waals surface area contributed by atoms with Gasteiger partial charge in [0.05, 0.1) is 12.6 Å². The van der Waals surface area contributed by atoms with Crippen molar-refractivity contribution in [1.29, 1.82) is 0 Å². The number of nitrogens with one attached hydrogen (secondary N) is 3. The van der Waals surface area contributed by atoms with Crippen molar-refractivity contribution < 1.29 is 14.3 Å². The third-order valence-electron chi connectivity index (χ3n) is 5.23. The zero-order valence-corrected chi connectivity index (χ0v) is 15.4. The van der Waals surface area contributed by atoms with Gasteiger partial charge in [0.25, 0.3) is 5.91 Å². The van der Waals surface area contributed by atoms with Crippen LogP contribution < -0.4 is 16.0 Å². The van der Waals surface area contributed by atoms with Crippen LogP contribution in [0.1, 0.15) is 37.7 Å². The fourth-order valence-electron chi connectivity index (χ4n) is 3.55. The molecule has 4 heterocycles. The molecule has 0 atom stereocenters. The van der Waals surface area contributed by atoms with E-state index in [1.807, 2.05) is 6.07 Å². The van der Waals surface area contributed by atoms with Crippen LogP contribution in [0.15, 0.2) is 17.8 Å². The summed E-state index contributed by atoms with van der Waals surface area (Å²) in [5.74, 6) is 1.02. The molecule has 3 N–H and O–H groups in total. The molecular weight excluding hydrogens is 360 g/mol. The topological polar surface area (TPSA) is 110 Å². The van der Waals surface area contributed by atoms with E-state index in [-0.39, 0.29) is 18.2 Å². The average Bonchev–Trinajstić information content (AvgIpc) is 3.32. The second-order valence-corrected chi connectivity index (χ2v) is 7.54. The van der Waals surface area contributed by atoms with Crippen LogP contribution in [0, 0.1) is 0 Å². The molecule has 3 fully saturated rings. The minimum atomic E-state index is -0.350. The number of hydrogen-bond donors (Lipinski definition) is 3. The normalized spacial score (nSPS) is 22.1. The Morgan fingerprint density at radius 2 is 1.93 bits per heavy atom. The molecule has 9 heteroatoms. The summed E-state index contributed by atoms with van der Waals surface area (Å²) in [6.45, 7) is 1.50. The van der Waals surface area contributed by atoms with Crippen LogP contribution in [0.25, 0.3) is 11.7 Å². The molecule has 1 aliphatic carbocycles. The van der Waals surface area contributed by atoms with Gasteiger partial charge in [-0.1, -0.05) is 0 Å². The molecule has 146 valence electrons. The lowest BCUT2D eigenvalue weighted by Crippen LogP contribution is -2.28. The summed E-state index contributed by atoms with van der Waals surface area (Å²) in [7, 11) is 0. The molecule has 5 rings (SSSR count). The number of anilines is 2. The summed E-state index contributed by atoms with van der Waals surface area (Å²) in [4.78, 5) is 28.1. The SMILES string of the molecule is O=C1C/C(=C\c2cnn3c(NC4CC4)cc(NC4CCOCC4)nc23)C(=O)N1. The van der Waals surface area contributed by atoms with Gasteiger partial charge in [-0.15, -0.1) is 0 Å². The highest BCUT2D eigenvalue weighted by molar-refractivity contribution is 6.15. The van der Waals surface area contributed by atoms with Crippen LogP contribution in [0.3, 0.4) is 0 Å². The highest BCUT2D eigenvalue weighted by Gasteiger charge is 2.26. The second-order valence-electron chi connectivity index (χ2n) is 7.54. The van der Waals surface area contributed by atoms with E-state index in [2.05, 4.69) is 21.0 Å². The van der Waals surface area contributed by atoms with Crippen LogP contribution in [0.2, 0.25) is 0 Å². The molecule has 0 spiro atoms. The Bertz CT molecular complexity index is 971. The Labute approximate surface area is 161 Å². The molecule has 28 heavy (non-hydrogen) atoms. The summed E-state index contributed by atoms with van der Waals surface area (Å²) < 4.78 is 7.19. The first kappa shape index (κ1) is 17.2. The molecule has 2 aromatic rings. The number of nitrogens with zero attached hydrogens (tertiary/aromatic N) is 3. The number of amides is 2. The van der Waals surface area contributed by atoms with E-state index in [0.29, 0.717) is 28.9 Å². The van der Waals surface area contributed by atoms with E-state index in [4.69, 9.17) is 9.72 Å². The Morgan fingerprint density at radius 1 is 1.14 bits per heavy atom. The highest BCUT2D eigenvalue weighted by atomic mass is 16.5. The molecule has 9 nitrogen and oxygen atoms in total. The maximum atomic E-state index is 11.9. The molecule has 0 radical (unpaired) electrons. The molecule has 3 aliphatic rings. The molecule has 2 saturated heterocycles. The Morgan fingerprint density at radius 3 is 2.64 bits per heavy atom. The van der Waals surface area contributed by atoms with Crippen molar-refractivity contribution >= 4 is 35.2 Å². The maximum Gasteiger partial charge on any atom is 0.254 e. The number of ether oxygens (including phenoxy) is 1. The molecule has 0 aromatic carbocycles. The monoisotopic (exact) mass is 382 g/mol. The van der Waals surface area contributed by atoms with Gasteiger partial charge in [0.15, 0.2) is 5.65 Å². The molecule has 2 aliphatic heterocycles. The summed E-state index contributed by atoms with van der Waals surface area (Å²) in [5, 5.41) is 13.8. The lowest BCUT2D eigenvalue weighted by molar-refractivity contribution is -0.124. The Kier molecular flexibility index (Phi) is 4.23. The first-order chi connectivity index (χ1) is 13.7.